The highest BCUT2D eigenvalue weighted by molar-refractivity contribution is 7.91. The summed E-state index contributed by atoms with van der Waals surface area (Å²) in [6.45, 7) is 0. The molecule has 0 radical (unpaired) electrons. The number of non-ortho nitro benzene ring substituents is 1. The predicted molar refractivity (Wildman–Crippen MR) is 83.4 cm³/mol. The van der Waals surface area contributed by atoms with Crippen molar-refractivity contribution in [2.75, 3.05) is 4.72 Å². The molecule has 8 nitrogen and oxygen atoms in total. The van der Waals surface area contributed by atoms with E-state index in [0.29, 0.717) is 16.7 Å². The maximum Gasteiger partial charge on any atom is 0.269 e. The summed E-state index contributed by atoms with van der Waals surface area (Å²) in [6.07, 6.45) is 0. The number of nitrogens with zero attached hydrogens (tertiary/aromatic N) is 2. The maximum atomic E-state index is 12.2. The quantitative estimate of drug-likeness (QED) is 0.567. The van der Waals surface area contributed by atoms with Gasteiger partial charge in [0.1, 0.15) is 11.4 Å². The minimum absolute atomic E-state index is 0.115. The molecule has 0 aliphatic heterocycles. The van der Waals surface area contributed by atoms with E-state index in [0.717, 1.165) is 0 Å². The summed E-state index contributed by atoms with van der Waals surface area (Å²) in [5.74, 6) is -0.360. The molecule has 0 aliphatic carbocycles. The number of hydrogen-bond acceptors (Lipinski definition) is 6. The molecule has 3 aromatic rings. The van der Waals surface area contributed by atoms with Crippen LogP contribution >= 0.6 is 0 Å². The van der Waals surface area contributed by atoms with E-state index in [1.165, 1.54) is 24.3 Å². The van der Waals surface area contributed by atoms with Gasteiger partial charge in [-0.2, -0.15) is 0 Å². The van der Waals surface area contributed by atoms with Crippen molar-refractivity contribution in [3.63, 3.8) is 0 Å². The number of nitrogens with one attached hydrogen (secondary N) is 1. The summed E-state index contributed by atoms with van der Waals surface area (Å²) in [4.78, 5) is 10.0. The van der Waals surface area contributed by atoms with Gasteiger partial charge in [0.05, 0.1) is 4.92 Å². The zero-order valence-corrected chi connectivity index (χ0v) is 12.5. The van der Waals surface area contributed by atoms with Gasteiger partial charge in [-0.05, 0) is 24.3 Å². The van der Waals surface area contributed by atoms with Crippen LogP contribution in [0.25, 0.3) is 11.0 Å². The van der Waals surface area contributed by atoms with Crippen LogP contribution in [0.4, 0.5) is 11.4 Å². The van der Waals surface area contributed by atoms with E-state index in [1.807, 2.05) is 0 Å². The summed E-state index contributed by atoms with van der Waals surface area (Å²) in [7, 11) is -3.72. The van der Waals surface area contributed by atoms with Crippen LogP contribution in [-0.4, -0.2) is 18.5 Å². The lowest BCUT2D eigenvalue weighted by molar-refractivity contribution is -0.384. The molecule has 0 spiro atoms. The molecule has 9 heteroatoms. The van der Waals surface area contributed by atoms with E-state index in [-0.39, 0.29) is 17.1 Å². The molecular weight excluding hydrogens is 322 g/mol. The molecular formula is C14H11N3O5S. The number of anilines is 1. The Bertz CT molecular complexity index is 964. The average molecular weight is 333 g/mol. The second-order valence-electron chi connectivity index (χ2n) is 4.79. The normalized spacial score (nSPS) is 11.5. The first kappa shape index (κ1) is 15.0. The standard InChI is InChI=1S/C14H11N3O5S/c18-17(19)11-7-5-10(6-8-11)16-23(20,21)9-13-12-3-1-2-4-14(12)22-15-13/h1-8,16H,9H2. The van der Waals surface area contributed by atoms with Gasteiger partial charge in [-0.1, -0.05) is 17.3 Å². The van der Waals surface area contributed by atoms with Crippen molar-refractivity contribution in [1.29, 1.82) is 0 Å². The Morgan fingerprint density at radius 3 is 2.52 bits per heavy atom. The molecule has 23 heavy (non-hydrogen) atoms. The van der Waals surface area contributed by atoms with Crippen molar-refractivity contribution in [1.82, 2.24) is 5.16 Å². The fraction of sp³-hybridized carbons (Fsp3) is 0.0714. The molecule has 1 heterocycles. The fourth-order valence-corrected chi connectivity index (χ4v) is 3.22. The van der Waals surface area contributed by atoms with Crippen molar-refractivity contribution in [2.24, 2.45) is 0 Å². The highest BCUT2D eigenvalue weighted by atomic mass is 32.2. The van der Waals surface area contributed by atoms with E-state index in [2.05, 4.69) is 9.88 Å². The van der Waals surface area contributed by atoms with Gasteiger partial charge in [0, 0.05) is 23.2 Å². The smallest absolute Gasteiger partial charge is 0.269 e. The van der Waals surface area contributed by atoms with Gasteiger partial charge in [-0.3, -0.25) is 14.8 Å². The topological polar surface area (TPSA) is 115 Å². The second kappa shape index (κ2) is 5.69. The average Bonchev–Trinajstić information content (AvgIpc) is 2.90. The summed E-state index contributed by atoms with van der Waals surface area (Å²) in [6, 6.07) is 12.1. The van der Waals surface area contributed by atoms with Gasteiger partial charge in [0.15, 0.2) is 5.58 Å². The van der Waals surface area contributed by atoms with Crippen LogP contribution in [0.15, 0.2) is 53.1 Å². The van der Waals surface area contributed by atoms with Gasteiger partial charge in [0.25, 0.3) is 5.69 Å². The molecule has 0 saturated carbocycles. The first-order valence-corrected chi connectivity index (χ1v) is 8.18. The van der Waals surface area contributed by atoms with Crippen LogP contribution in [0.1, 0.15) is 5.69 Å². The zero-order chi connectivity index (χ0) is 16.4. The molecule has 1 N–H and O–H groups in total. The third kappa shape index (κ3) is 3.29. The van der Waals surface area contributed by atoms with E-state index >= 15 is 0 Å². The van der Waals surface area contributed by atoms with Crippen molar-refractivity contribution in [2.45, 2.75) is 5.75 Å². The molecule has 2 aromatic carbocycles. The number of sulfonamides is 1. The zero-order valence-electron chi connectivity index (χ0n) is 11.7. The molecule has 0 saturated heterocycles. The van der Waals surface area contributed by atoms with Crippen LogP contribution in [0.3, 0.4) is 0 Å². The van der Waals surface area contributed by atoms with Gasteiger partial charge >= 0.3 is 0 Å². The monoisotopic (exact) mass is 333 g/mol. The Labute approximate surface area is 130 Å². The summed E-state index contributed by atoms with van der Waals surface area (Å²) in [5.41, 5.74) is 0.932. The van der Waals surface area contributed by atoms with Crippen LogP contribution in [0.5, 0.6) is 0 Å². The van der Waals surface area contributed by atoms with Crippen molar-refractivity contribution in [3.05, 3.63) is 64.3 Å². The fourth-order valence-electron chi connectivity index (χ4n) is 2.09. The van der Waals surface area contributed by atoms with Crippen molar-refractivity contribution >= 4 is 32.4 Å². The lowest BCUT2D eigenvalue weighted by Crippen LogP contribution is -2.15. The van der Waals surface area contributed by atoms with Crippen molar-refractivity contribution < 1.29 is 17.9 Å². The number of nitro benzene ring substituents is 1. The number of benzene rings is 2. The summed E-state index contributed by atoms with van der Waals surface area (Å²) >= 11 is 0. The van der Waals surface area contributed by atoms with Crippen LogP contribution < -0.4 is 4.72 Å². The first-order chi connectivity index (χ1) is 10.9. The molecule has 0 unspecified atom stereocenters. The third-order valence-corrected chi connectivity index (χ3v) is 4.33. The molecule has 1 aromatic heterocycles. The number of aromatic nitrogens is 1. The van der Waals surface area contributed by atoms with Gasteiger partial charge in [0.2, 0.25) is 10.0 Å². The molecule has 0 bridgehead atoms. The molecule has 118 valence electrons. The molecule has 0 fully saturated rings. The lowest BCUT2D eigenvalue weighted by atomic mass is 10.2. The second-order valence-corrected chi connectivity index (χ2v) is 6.51. The lowest BCUT2D eigenvalue weighted by Gasteiger charge is -2.06. The number of fused-ring (bicyclic) bond motifs is 1. The predicted octanol–water partition coefficient (Wildman–Crippen LogP) is 2.68. The minimum Gasteiger partial charge on any atom is -0.356 e. The molecule has 0 atom stereocenters. The number of hydrogen-bond donors (Lipinski definition) is 1. The van der Waals surface area contributed by atoms with E-state index in [9.17, 15) is 18.5 Å². The van der Waals surface area contributed by atoms with Crippen LogP contribution in [0, 0.1) is 10.1 Å². The van der Waals surface area contributed by atoms with E-state index < -0.39 is 14.9 Å². The SMILES string of the molecule is O=[N+]([O-])c1ccc(NS(=O)(=O)Cc2noc3ccccc23)cc1. The highest BCUT2D eigenvalue weighted by Crippen LogP contribution is 2.21. The first-order valence-electron chi connectivity index (χ1n) is 6.53. The molecule has 0 amide bonds. The summed E-state index contributed by atoms with van der Waals surface area (Å²) < 4.78 is 31.8. The van der Waals surface area contributed by atoms with Gasteiger partial charge in [-0.15, -0.1) is 0 Å². The van der Waals surface area contributed by atoms with Gasteiger partial charge in [-0.25, -0.2) is 8.42 Å². The van der Waals surface area contributed by atoms with Gasteiger partial charge < -0.3 is 4.52 Å². The number of nitro groups is 1. The van der Waals surface area contributed by atoms with E-state index in [4.69, 9.17) is 4.52 Å². The largest absolute Gasteiger partial charge is 0.356 e. The maximum absolute atomic E-state index is 12.2. The van der Waals surface area contributed by atoms with Crippen LogP contribution in [0.2, 0.25) is 0 Å². The molecule has 3 rings (SSSR count). The Hall–Kier alpha value is -2.94. The Morgan fingerprint density at radius 1 is 1.13 bits per heavy atom. The molecule has 0 aliphatic rings. The van der Waals surface area contributed by atoms with Crippen molar-refractivity contribution in [3.8, 4) is 0 Å². The highest BCUT2D eigenvalue weighted by Gasteiger charge is 2.18. The Morgan fingerprint density at radius 2 is 1.83 bits per heavy atom. The Balaban J connectivity index is 1.80. The number of para-hydroxylation sites is 1. The van der Waals surface area contributed by atoms with E-state index in [1.54, 1.807) is 24.3 Å². The Kier molecular flexibility index (Phi) is 3.70. The summed E-state index contributed by atoms with van der Waals surface area (Å²) in [5, 5.41) is 15.0. The van der Waals surface area contributed by atoms with Crippen LogP contribution in [-0.2, 0) is 15.8 Å². The number of rotatable bonds is 5. The third-order valence-electron chi connectivity index (χ3n) is 3.13. The minimum atomic E-state index is -3.72.